The van der Waals surface area contributed by atoms with Gasteiger partial charge in [0.15, 0.2) is 0 Å². The SMILES string of the molecule is CCOc1ccccc1C(=O)N1CCN(S(=O)(=O)c2ccccc2F)CC1. The first-order valence-corrected chi connectivity index (χ1v) is 10.1. The van der Waals surface area contributed by atoms with Crippen molar-refractivity contribution in [1.29, 1.82) is 0 Å². The Labute approximate surface area is 158 Å². The summed E-state index contributed by atoms with van der Waals surface area (Å²) in [6.07, 6.45) is 0. The van der Waals surface area contributed by atoms with Crippen LogP contribution in [0.4, 0.5) is 4.39 Å². The monoisotopic (exact) mass is 392 g/mol. The van der Waals surface area contributed by atoms with Gasteiger partial charge in [0, 0.05) is 26.2 Å². The lowest BCUT2D eigenvalue weighted by atomic mass is 10.1. The molecule has 27 heavy (non-hydrogen) atoms. The third kappa shape index (κ3) is 3.96. The highest BCUT2D eigenvalue weighted by atomic mass is 32.2. The Kier molecular flexibility index (Phi) is 5.76. The molecule has 0 radical (unpaired) electrons. The van der Waals surface area contributed by atoms with Crippen molar-refractivity contribution in [2.24, 2.45) is 0 Å². The van der Waals surface area contributed by atoms with Gasteiger partial charge in [-0.2, -0.15) is 4.31 Å². The molecule has 3 rings (SSSR count). The van der Waals surface area contributed by atoms with Crippen LogP contribution in [0.1, 0.15) is 17.3 Å². The van der Waals surface area contributed by atoms with Crippen LogP contribution < -0.4 is 4.74 Å². The Morgan fingerprint density at radius 3 is 2.33 bits per heavy atom. The van der Waals surface area contributed by atoms with Crippen LogP contribution in [0, 0.1) is 5.82 Å². The lowest BCUT2D eigenvalue weighted by molar-refractivity contribution is 0.0693. The van der Waals surface area contributed by atoms with Gasteiger partial charge in [-0.05, 0) is 31.2 Å². The van der Waals surface area contributed by atoms with Crippen molar-refractivity contribution in [3.05, 3.63) is 59.9 Å². The average molecular weight is 392 g/mol. The average Bonchev–Trinajstić information content (AvgIpc) is 2.68. The summed E-state index contributed by atoms with van der Waals surface area (Å²) >= 11 is 0. The number of ether oxygens (including phenoxy) is 1. The number of carbonyl (C=O) groups is 1. The van der Waals surface area contributed by atoms with Gasteiger partial charge in [0.1, 0.15) is 16.5 Å². The van der Waals surface area contributed by atoms with E-state index in [1.165, 1.54) is 22.5 Å². The Balaban J connectivity index is 1.72. The van der Waals surface area contributed by atoms with E-state index in [4.69, 9.17) is 4.74 Å². The van der Waals surface area contributed by atoms with Crippen molar-refractivity contribution in [2.75, 3.05) is 32.8 Å². The van der Waals surface area contributed by atoms with Crippen LogP contribution in [0.2, 0.25) is 0 Å². The molecule has 0 aromatic heterocycles. The smallest absolute Gasteiger partial charge is 0.257 e. The zero-order valence-corrected chi connectivity index (χ0v) is 15.8. The molecule has 0 aliphatic carbocycles. The van der Waals surface area contributed by atoms with E-state index in [2.05, 4.69) is 0 Å². The molecule has 0 N–H and O–H groups in total. The Bertz CT molecular complexity index is 925. The van der Waals surface area contributed by atoms with Gasteiger partial charge in [0.2, 0.25) is 10.0 Å². The van der Waals surface area contributed by atoms with Gasteiger partial charge in [0.05, 0.1) is 12.2 Å². The minimum absolute atomic E-state index is 0.110. The van der Waals surface area contributed by atoms with Crippen LogP contribution in [0.3, 0.4) is 0 Å². The van der Waals surface area contributed by atoms with Gasteiger partial charge in [-0.25, -0.2) is 12.8 Å². The maximum atomic E-state index is 13.9. The molecule has 1 fully saturated rings. The fourth-order valence-corrected chi connectivity index (χ4v) is 4.51. The van der Waals surface area contributed by atoms with Crippen molar-refractivity contribution in [1.82, 2.24) is 9.21 Å². The Morgan fingerprint density at radius 2 is 1.67 bits per heavy atom. The maximum Gasteiger partial charge on any atom is 0.257 e. The molecule has 1 aliphatic rings. The number of para-hydroxylation sites is 1. The predicted molar refractivity (Wildman–Crippen MR) is 98.7 cm³/mol. The summed E-state index contributed by atoms with van der Waals surface area (Å²) in [6, 6.07) is 12.3. The summed E-state index contributed by atoms with van der Waals surface area (Å²) in [5, 5.41) is 0. The number of sulfonamides is 1. The molecule has 2 aromatic carbocycles. The zero-order valence-electron chi connectivity index (χ0n) is 15.0. The second kappa shape index (κ2) is 8.06. The van der Waals surface area contributed by atoms with Crippen LogP contribution in [0.15, 0.2) is 53.4 Å². The molecule has 1 heterocycles. The molecule has 0 bridgehead atoms. The summed E-state index contributed by atoms with van der Waals surface area (Å²) in [6.45, 7) is 2.96. The van der Waals surface area contributed by atoms with Gasteiger partial charge in [0.25, 0.3) is 5.91 Å². The van der Waals surface area contributed by atoms with E-state index in [1.807, 2.05) is 6.92 Å². The minimum atomic E-state index is -3.93. The fourth-order valence-electron chi connectivity index (χ4n) is 3.02. The quantitative estimate of drug-likeness (QED) is 0.784. The molecule has 144 valence electrons. The zero-order chi connectivity index (χ0) is 19.4. The molecule has 0 atom stereocenters. The first kappa shape index (κ1) is 19.3. The Morgan fingerprint density at radius 1 is 1.04 bits per heavy atom. The second-order valence-electron chi connectivity index (χ2n) is 6.06. The number of hydrogen-bond acceptors (Lipinski definition) is 4. The highest BCUT2D eigenvalue weighted by Crippen LogP contribution is 2.23. The number of halogens is 1. The van der Waals surface area contributed by atoms with Crippen LogP contribution in [-0.2, 0) is 10.0 Å². The number of rotatable bonds is 5. The van der Waals surface area contributed by atoms with Gasteiger partial charge in [-0.3, -0.25) is 4.79 Å². The molecular weight excluding hydrogens is 371 g/mol. The second-order valence-corrected chi connectivity index (χ2v) is 7.96. The predicted octanol–water partition coefficient (Wildman–Crippen LogP) is 2.37. The molecule has 2 aromatic rings. The molecule has 1 amide bonds. The van der Waals surface area contributed by atoms with Crippen molar-refractivity contribution in [2.45, 2.75) is 11.8 Å². The van der Waals surface area contributed by atoms with E-state index in [1.54, 1.807) is 29.2 Å². The number of benzene rings is 2. The molecule has 0 unspecified atom stereocenters. The van der Waals surface area contributed by atoms with Gasteiger partial charge >= 0.3 is 0 Å². The summed E-state index contributed by atoms with van der Waals surface area (Å²) in [4.78, 5) is 14.0. The van der Waals surface area contributed by atoms with E-state index in [9.17, 15) is 17.6 Å². The standard InChI is InChI=1S/C19H21FN2O4S/c1-2-26-17-9-5-3-7-15(17)19(23)21-11-13-22(14-12-21)27(24,25)18-10-6-4-8-16(18)20/h3-10H,2,11-14H2,1H3. The molecule has 8 heteroatoms. The van der Waals surface area contributed by atoms with Crippen molar-refractivity contribution < 1.29 is 22.3 Å². The number of carbonyl (C=O) groups excluding carboxylic acids is 1. The van der Waals surface area contributed by atoms with Crippen LogP contribution in [0.25, 0.3) is 0 Å². The summed E-state index contributed by atoms with van der Waals surface area (Å²) in [5.41, 5.74) is 0.449. The van der Waals surface area contributed by atoms with Crippen molar-refractivity contribution >= 4 is 15.9 Å². The summed E-state index contributed by atoms with van der Waals surface area (Å²) in [5.74, 6) is -0.477. The van der Waals surface area contributed by atoms with Gasteiger partial charge in [-0.15, -0.1) is 0 Å². The summed E-state index contributed by atoms with van der Waals surface area (Å²) in [7, 11) is -3.93. The first-order chi connectivity index (χ1) is 12.9. The first-order valence-electron chi connectivity index (χ1n) is 8.71. The number of amides is 1. The third-order valence-corrected chi connectivity index (χ3v) is 6.33. The highest BCUT2D eigenvalue weighted by molar-refractivity contribution is 7.89. The molecule has 6 nitrogen and oxygen atoms in total. The van der Waals surface area contributed by atoms with Gasteiger partial charge < -0.3 is 9.64 Å². The number of piperazine rings is 1. The molecule has 1 saturated heterocycles. The number of hydrogen-bond donors (Lipinski definition) is 0. The van der Waals surface area contributed by atoms with E-state index >= 15 is 0 Å². The fraction of sp³-hybridized carbons (Fsp3) is 0.316. The molecule has 1 aliphatic heterocycles. The van der Waals surface area contributed by atoms with Gasteiger partial charge in [-0.1, -0.05) is 24.3 Å². The minimum Gasteiger partial charge on any atom is -0.493 e. The van der Waals surface area contributed by atoms with Crippen molar-refractivity contribution in [3.8, 4) is 5.75 Å². The third-order valence-electron chi connectivity index (χ3n) is 4.40. The van der Waals surface area contributed by atoms with Crippen LogP contribution >= 0.6 is 0 Å². The molecule has 0 spiro atoms. The van der Waals surface area contributed by atoms with Crippen molar-refractivity contribution in [3.63, 3.8) is 0 Å². The summed E-state index contributed by atoms with van der Waals surface area (Å²) < 4.78 is 45.9. The van der Waals surface area contributed by atoms with Crippen LogP contribution in [0.5, 0.6) is 5.75 Å². The molecule has 0 saturated carbocycles. The topological polar surface area (TPSA) is 66.9 Å². The van der Waals surface area contributed by atoms with E-state index < -0.39 is 15.8 Å². The highest BCUT2D eigenvalue weighted by Gasteiger charge is 2.32. The van der Waals surface area contributed by atoms with Crippen LogP contribution in [-0.4, -0.2) is 56.3 Å². The van der Waals surface area contributed by atoms with E-state index in [-0.39, 0.29) is 37.0 Å². The molecular formula is C19H21FN2O4S. The maximum absolute atomic E-state index is 13.9. The Hall–Kier alpha value is -2.45. The van der Waals surface area contributed by atoms with E-state index in [0.29, 0.717) is 17.9 Å². The lowest BCUT2D eigenvalue weighted by Gasteiger charge is -2.34. The lowest BCUT2D eigenvalue weighted by Crippen LogP contribution is -2.50. The van der Waals surface area contributed by atoms with E-state index in [0.717, 1.165) is 6.07 Å². The number of nitrogens with zero attached hydrogens (tertiary/aromatic N) is 2. The largest absolute Gasteiger partial charge is 0.493 e. The normalized spacial score (nSPS) is 15.6.